The van der Waals surface area contributed by atoms with E-state index in [-0.39, 0.29) is 5.54 Å². The molecule has 0 spiro atoms. The van der Waals surface area contributed by atoms with Crippen LogP contribution in [0.5, 0.6) is 0 Å². The molecule has 2 fully saturated rings. The molecule has 2 aliphatic carbocycles. The van der Waals surface area contributed by atoms with E-state index in [0.29, 0.717) is 5.41 Å². The molecule has 0 aromatic heterocycles. The van der Waals surface area contributed by atoms with E-state index in [9.17, 15) is 0 Å². The summed E-state index contributed by atoms with van der Waals surface area (Å²) in [5.74, 6) is 0.932. The van der Waals surface area contributed by atoms with Crippen LogP contribution in [0.4, 0.5) is 0 Å². The molecule has 2 saturated carbocycles. The average Bonchev–Trinajstić information content (AvgIpc) is 2.37. The molecular weight excluding hydrogens is 232 g/mol. The number of nitrogens with zero attached hydrogens (tertiary/aromatic N) is 1. The first kappa shape index (κ1) is 15.3. The standard InChI is InChI=1S/C17H34N2/c1-14-6-8-15(9-7-14)19(4)17(13-18)11-5-10-16(2,3)12-17/h14-15H,5-13,18H2,1-4H3. The van der Waals surface area contributed by atoms with E-state index in [1.807, 2.05) is 0 Å². The molecule has 0 aliphatic heterocycles. The number of nitrogens with two attached hydrogens (primary N) is 1. The number of hydrogen-bond donors (Lipinski definition) is 1. The minimum Gasteiger partial charge on any atom is -0.329 e. The quantitative estimate of drug-likeness (QED) is 0.842. The highest BCUT2D eigenvalue weighted by Gasteiger charge is 2.44. The van der Waals surface area contributed by atoms with Crippen LogP contribution in [0.3, 0.4) is 0 Å². The van der Waals surface area contributed by atoms with Gasteiger partial charge in [-0.2, -0.15) is 0 Å². The van der Waals surface area contributed by atoms with Crippen LogP contribution in [0.15, 0.2) is 0 Å². The van der Waals surface area contributed by atoms with Crippen molar-refractivity contribution in [1.29, 1.82) is 0 Å². The molecule has 0 aromatic carbocycles. The van der Waals surface area contributed by atoms with Crippen LogP contribution in [-0.2, 0) is 0 Å². The highest BCUT2D eigenvalue weighted by Crippen LogP contribution is 2.45. The molecule has 1 unspecified atom stereocenters. The minimum absolute atomic E-state index is 0.271. The predicted octanol–water partition coefficient (Wildman–Crippen LogP) is 3.79. The van der Waals surface area contributed by atoms with Gasteiger partial charge in [0.05, 0.1) is 0 Å². The summed E-state index contributed by atoms with van der Waals surface area (Å²) in [5.41, 5.74) is 6.99. The normalized spacial score (nSPS) is 39.5. The molecule has 0 amide bonds. The summed E-state index contributed by atoms with van der Waals surface area (Å²) in [6.45, 7) is 8.08. The van der Waals surface area contributed by atoms with Crippen LogP contribution in [0.1, 0.15) is 72.1 Å². The summed E-state index contributed by atoms with van der Waals surface area (Å²) in [5, 5.41) is 0. The Morgan fingerprint density at radius 3 is 2.26 bits per heavy atom. The number of hydrogen-bond acceptors (Lipinski definition) is 2. The van der Waals surface area contributed by atoms with E-state index in [1.165, 1.54) is 51.4 Å². The molecule has 0 saturated heterocycles. The maximum atomic E-state index is 6.25. The summed E-state index contributed by atoms with van der Waals surface area (Å²) in [7, 11) is 2.36. The molecule has 1 atom stereocenters. The Morgan fingerprint density at radius 2 is 1.74 bits per heavy atom. The molecule has 2 heteroatoms. The molecule has 2 nitrogen and oxygen atoms in total. The molecular formula is C17H34N2. The van der Waals surface area contributed by atoms with E-state index < -0.39 is 0 Å². The molecule has 0 bridgehead atoms. The molecule has 19 heavy (non-hydrogen) atoms. The Morgan fingerprint density at radius 1 is 1.11 bits per heavy atom. The van der Waals surface area contributed by atoms with E-state index in [2.05, 4.69) is 32.7 Å². The summed E-state index contributed by atoms with van der Waals surface area (Å²) in [4.78, 5) is 2.69. The fourth-order valence-electron chi connectivity index (χ4n) is 4.60. The van der Waals surface area contributed by atoms with Gasteiger partial charge in [0.2, 0.25) is 0 Å². The van der Waals surface area contributed by atoms with Crippen molar-refractivity contribution in [2.24, 2.45) is 17.1 Å². The van der Waals surface area contributed by atoms with Crippen LogP contribution in [0.2, 0.25) is 0 Å². The fraction of sp³-hybridized carbons (Fsp3) is 1.00. The van der Waals surface area contributed by atoms with Crippen molar-refractivity contribution in [2.75, 3.05) is 13.6 Å². The summed E-state index contributed by atoms with van der Waals surface area (Å²) in [6.07, 6.45) is 10.8. The van der Waals surface area contributed by atoms with Crippen molar-refractivity contribution in [3.8, 4) is 0 Å². The molecule has 2 aliphatic rings. The van der Waals surface area contributed by atoms with Gasteiger partial charge in [0.15, 0.2) is 0 Å². The monoisotopic (exact) mass is 266 g/mol. The van der Waals surface area contributed by atoms with Gasteiger partial charge in [-0.05, 0) is 63.3 Å². The lowest BCUT2D eigenvalue weighted by Gasteiger charge is -2.53. The van der Waals surface area contributed by atoms with E-state index in [1.54, 1.807) is 0 Å². The molecule has 112 valence electrons. The Hall–Kier alpha value is -0.0800. The van der Waals surface area contributed by atoms with Gasteiger partial charge in [0, 0.05) is 18.1 Å². The van der Waals surface area contributed by atoms with Gasteiger partial charge in [-0.15, -0.1) is 0 Å². The van der Waals surface area contributed by atoms with Gasteiger partial charge in [-0.25, -0.2) is 0 Å². The highest BCUT2D eigenvalue weighted by molar-refractivity contribution is 5.00. The second-order valence-electron chi connectivity index (χ2n) is 8.15. The second-order valence-corrected chi connectivity index (χ2v) is 8.15. The zero-order chi connectivity index (χ0) is 14.1. The fourth-order valence-corrected chi connectivity index (χ4v) is 4.60. The van der Waals surface area contributed by atoms with E-state index in [0.717, 1.165) is 18.5 Å². The van der Waals surface area contributed by atoms with Crippen molar-refractivity contribution in [3.05, 3.63) is 0 Å². The Kier molecular flexibility index (Phi) is 4.62. The third-order valence-corrected chi connectivity index (χ3v) is 5.96. The van der Waals surface area contributed by atoms with Crippen LogP contribution in [0, 0.1) is 11.3 Å². The van der Waals surface area contributed by atoms with E-state index >= 15 is 0 Å². The first-order valence-electron chi connectivity index (χ1n) is 8.32. The number of rotatable bonds is 3. The van der Waals surface area contributed by atoms with Gasteiger partial charge in [0.1, 0.15) is 0 Å². The topological polar surface area (TPSA) is 29.3 Å². The molecule has 2 rings (SSSR count). The predicted molar refractivity (Wildman–Crippen MR) is 83.2 cm³/mol. The van der Waals surface area contributed by atoms with Crippen LogP contribution in [0.25, 0.3) is 0 Å². The smallest absolute Gasteiger partial charge is 0.0336 e. The average molecular weight is 266 g/mol. The van der Waals surface area contributed by atoms with Gasteiger partial charge >= 0.3 is 0 Å². The van der Waals surface area contributed by atoms with Gasteiger partial charge in [-0.1, -0.05) is 27.2 Å². The number of likely N-dealkylation sites (N-methyl/N-ethyl adjacent to an activating group) is 1. The highest BCUT2D eigenvalue weighted by atomic mass is 15.2. The summed E-state index contributed by atoms with van der Waals surface area (Å²) in [6, 6.07) is 0.772. The first-order valence-corrected chi connectivity index (χ1v) is 8.32. The van der Waals surface area contributed by atoms with Crippen molar-refractivity contribution >= 4 is 0 Å². The minimum atomic E-state index is 0.271. The molecule has 0 aromatic rings. The third kappa shape index (κ3) is 3.33. The van der Waals surface area contributed by atoms with Gasteiger partial charge in [0.25, 0.3) is 0 Å². The molecule has 0 radical (unpaired) electrons. The van der Waals surface area contributed by atoms with Crippen molar-refractivity contribution in [3.63, 3.8) is 0 Å². The second kappa shape index (κ2) is 5.73. The lowest BCUT2D eigenvalue weighted by atomic mass is 9.66. The Labute approximate surface area is 120 Å². The Bertz CT molecular complexity index is 292. The van der Waals surface area contributed by atoms with Crippen molar-refractivity contribution in [2.45, 2.75) is 83.7 Å². The largest absolute Gasteiger partial charge is 0.329 e. The maximum Gasteiger partial charge on any atom is 0.0336 e. The zero-order valence-corrected chi connectivity index (χ0v) is 13.5. The van der Waals surface area contributed by atoms with E-state index in [4.69, 9.17) is 5.73 Å². The third-order valence-electron chi connectivity index (χ3n) is 5.96. The lowest BCUT2D eigenvalue weighted by molar-refractivity contribution is -0.0126. The lowest BCUT2D eigenvalue weighted by Crippen LogP contribution is -2.59. The van der Waals surface area contributed by atoms with Gasteiger partial charge < -0.3 is 5.73 Å². The zero-order valence-electron chi connectivity index (χ0n) is 13.5. The Balaban J connectivity index is 2.07. The molecule has 0 heterocycles. The van der Waals surface area contributed by atoms with Crippen LogP contribution >= 0.6 is 0 Å². The maximum absolute atomic E-state index is 6.25. The van der Waals surface area contributed by atoms with Crippen molar-refractivity contribution in [1.82, 2.24) is 4.90 Å². The van der Waals surface area contributed by atoms with Crippen LogP contribution < -0.4 is 5.73 Å². The van der Waals surface area contributed by atoms with Crippen molar-refractivity contribution < 1.29 is 0 Å². The summed E-state index contributed by atoms with van der Waals surface area (Å²) < 4.78 is 0. The first-order chi connectivity index (χ1) is 8.88. The molecule has 2 N–H and O–H groups in total. The van der Waals surface area contributed by atoms with Crippen LogP contribution in [-0.4, -0.2) is 30.1 Å². The van der Waals surface area contributed by atoms with Gasteiger partial charge in [-0.3, -0.25) is 4.90 Å². The summed E-state index contributed by atoms with van der Waals surface area (Å²) >= 11 is 0. The SMILES string of the molecule is CC1CCC(N(C)C2(CN)CCCC(C)(C)C2)CC1.